The SMILES string of the molecule is c1ccc(-c2nc(-c3ccccc3)nc(-c3ccc(-c4ccc(-n5c6ccccc6c6c(-c7nc8ccc(-c9ccc(-c%10nc(-c%11ccccc%11)nc(-c%11cccc(-c%12ccc(-n%13c%14ccccc%14c%14c(-c%15nc%16ccccc%16o%15)cccc%14%13)cc%12)c%11)n%10)cc9)cc8o7)cccc65)cc4)cc3)n2)cc1. The smallest absolute Gasteiger partial charge is 0.228 e. The van der Waals surface area contributed by atoms with Crippen LogP contribution in [-0.2, 0) is 0 Å². The van der Waals surface area contributed by atoms with Gasteiger partial charge in [-0.25, -0.2) is 39.9 Å². The Balaban J connectivity index is 0.574. The highest BCUT2D eigenvalue weighted by atomic mass is 16.4. The van der Waals surface area contributed by atoms with Crippen LogP contribution in [0.2, 0.25) is 0 Å². The summed E-state index contributed by atoms with van der Waals surface area (Å²) in [5.74, 6) is 4.77. The van der Waals surface area contributed by atoms with Crippen molar-refractivity contribution in [2.45, 2.75) is 0 Å². The molecule has 0 spiro atoms. The van der Waals surface area contributed by atoms with Gasteiger partial charge in [-0.3, -0.25) is 0 Å². The second kappa shape index (κ2) is 24.8. The van der Waals surface area contributed by atoms with Crippen LogP contribution in [0.5, 0.6) is 0 Å². The van der Waals surface area contributed by atoms with Gasteiger partial charge in [-0.05, 0) is 124 Å². The molecule has 0 saturated heterocycles. The molecule has 0 aliphatic heterocycles. The maximum absolute atomic E-state index is 6.79. The highest BCUT2D eigenvalue weighted by molar-refractivity contribution is 6.16. The Kier molecular flexibility index (Phi) is 14.2. The summed E-state index contributed by atoms with van der Waals surface area (Å²) >= 11 is 0. The molecule has 20 aromatic rings. The van der Waals surface area contributed by atoms with E-state index in [-0.39, 0.29) is 0 Å². The Morgan fingerprint density at radius 2 is 0.519 bits per heavy atom. The van der Waals surface area contributed by atoms with Crippen molar-refractivity contribution in [1.29, 1.82) is 0 Å². The van der Waals surface area contributed by atoms with Gasteiger partial charge in [-0.1, -0.05) is 249 Å². The minimum Gasteiger partial charge on any atom is -0.436 e. The fourth-order valence-corrected chi connectivity index (χ4v) is 14.5. The van der Waals surface area contributed by atoms with Gasteiger partial charge >= 0.3 is 0 Å². The Morgan fingerprint density at radius 1 is 0.202 bits per heavy atom. The van der Waals surface area contributed by atoms with E-state index in [4.69, 9.17) is 48.7 Å². The molecule has 0 unspecified atom stereocenters. The summed E-state index contributed by atoms with van der Waals surface area (Å²) in [7, 11) is 0. The summed E-state index contributed by atoms with van der Waals surface area (Å²) < 4.78 is 17.8. The van der Waals surface area contributed by atoms with Crippen molar-refractivity contribution in [1.82, 2.24) is 49.0 Å². The van der Waals surface area contributed by atoms with Crippen LogP contribution in [0.15, 0.2) is 349 Å². The van der Waals surface area contributed by atoms with Gasteiger partial charge < -0.3 is 18.0 Å². The van der Waals surface area contributed by atoms with Crippen LogP contribution in [0.3, 0.4) is 0 Å². The van der Waals surface area contributed by atoms with E-state index in [1.54, 1.807) is 0 Å². The first-order valence-corrected chi connectivity index (χ1v) is 34.5. The predicted octanol–water partition coefficient (Wildman–Crippen LogP) is 22.9. The standard InChI is InChI=1S/C92H56N10O2/c1-4-19-61(20-5-1)85-95-86(62-21-6-2-7-22-62)97-88(96-85)64-41-37-57(38-42-64)58-45-50-69(51-46-58)101-78-33-14-11-28-72(78)84-74(30-18-35-80(84)101)92-94-76-54-49-67(56-82(76)104-92)59-39-43-65(44-40-59)89-98-87(63-23-8-3-9-24-63)99-90(100-89)68-26-16-25-66(55-68)60-47-52-70(53-48-60)102-77-32-13-10-27-71(77)83-73(29-17-34-79(83)102)91-93-75-31-12-15-36-81(75)103-91/h1-56H. The molecule has 14 aromatic carbocycles. The van der Waals surface area contributed by atoms with Crippen LogP contribution in [0.25, 0.3) is 202 Å². The number of para-hydroxylation sites is 4. The lowest BCUT2D eigenvalue weighted by Gasteiger charge is -2.11. The van der Waals surface area contributed by atoms with Gasteiger partial charge in [0.2, 0.25) is 11.8 Å². The van der Waals surface area contributed by atoms with Crippen molar-refractivity contribution >= 4 is 65.8 Å². The molecule has 12 nitrogen and oxygen atoms in total. The minimum absolute atomic E-state index is 0.552. The third kappa shape index (κ3) is 10.6. The molecule has 6 aromatic heterocycles. The molecule has 6 heterocycles. The van der Waals surface area contributed by atoms with Crippen LogP contribution in [0.4, 0.5) is 0 Å². The molecule has 12 heteroatoms. The number of hydrogen-bond donors (Lipinski definition) is 0. The van der Waals surface area contributed by atoms with Gasteiger partial charge in [0.15, 0.2) is 46.1 Å². The first-order valence-electron chi connectivity index (χ1n) is 34.5. The summed E-state index contributed by atoms with van der Waals surface area (Å²) in [6.45, 7) is 0. The number of aromatic nitrogens is 10. The van der Waals surface area contributed by atoms with Crippen molar-refractivity contribution in [3.8, 4) is 136 Å². The number of nitrogens with zero attached hydrogens (tertiary/aromatic N) is 10. The summed E-state index contributed by atoms with van der Waals surface area (Å²) in [5.41, 5.74) is 23.0. The summed E-state index contributed by atoms with van der Waals surface area (Å²) in [4.78, 5) is 40.2. The van der Waals surface area contributed by atoms with E-state index >= 15 is 0 Å². The van der Waals surface area contributed by atoms with Gasteiger partial charge in [0, 0.05) is 77.4 Å². The van der Waals surface area contributed by atoms with Gasteiger partial charge in [0.05, 0.1) is 22.1 Å². The summed E-state index contributed by atoms with van der Waals surface area (Å²) in [5, 5.41) is 4.39. The third-order valence-electron chi connectivity index (χ3n) is 19.6. The number of oxazole rings is 2. The lowest BCUT2D eigenvalue weighted by molar-refractivity contribution is 0.620. The van der Waals surface area contributed by atoms with Crippen molar-refractivity contribution < 1.29 is 8.83 Å². The van der Waals surface area contributed by atoms with Crippen LogP contribution < -0.4 is 0 Å². The molecule has 0 aliphatic carbocycles. The lowest BCUT2D eigenvalue weighted by atomic mass is 10.0. The Morgan fingerprint density at radius 3 is 0.990 bits per heavy atom. The number of rotatable bonds is 13. The molecule has 486 valence electrons. The fourth-order valence-electron chi connectivity index (χ4n) is 14.5. The van der Waals surface area contributed by atoms with E-state index in [9.17, 15) is 0 Å². The van der Waals surface area contributed by atoms with Gasteiger partial charge in [-0.2, -0.15) is 0 Å². The van der Waals surface area contributed by atoms with E-state index in [0.717, 1.165) is 149 Å². The van der Waals surface area contributed by atoms with Crippen molar-refractivity contribution in [3.05, 3.63) is 340 Å². The Bertz CT molecular complexity index is 6600. The van der Waals surface area contributed by atoms with Crippen LogP contribution in [0.1, 0.15) is 0 Å². The Labute approximate surface area is 595 Å². The molecule has 0 radical (unpaired) electrons. The molecule has 0 bridgehead atoms. The molecule has 0 amide bonds. The largest absolute Gasteiger partial charge is 0.436 e. The molecule has 20 rings (SSSR count). The second-order valence-corrected chi connectivity index (χ2v) is 25.8. The first-order chi connectivity index (χ1) is 51.5. The van der Waals surface area contributed by atoms with Crippen LogP contribution in [0, 0.1) is 0 Å². The normalized spacial score (nSPS) is 11.7. The van der Waals surface area contributed by atoms with Crippen LogP contribution >= 0.6 is 0 Å². The fraction of sp³-hybridized carbons (Fsp3) is 0. The maximum Gasteiger partial charge on any atom is 0.228 e. The highest BCUT2D eigenvalue weighted by Gasteiger charge is 2.23. The van der Waals surface area contributed by atoms with E-state index in [1.807, 2.05) is 121 Å². The average Bonchev–Trinajstić information content (AvgIpc) is 1.58. The van der Waals surface area contributed by atoms with E-state index in [2.05, 4.69) is 228 Å². The quantitative estimate of drug-likeness (QED) is 0.110. The van der Waals surface area contributed by atoms with Gasteiger partial charge in [0.1, 0.15) is 11.0 Å². The number of hydrogen-bond acceptors (Lipinski definition) is 10. The topological polar surface area (TPSA) is 139 Å². The van der Waals surface area contributed by atoms with Crippen molar-refractivity contribution in [2.75, 3.05) is 0 Å². The number of benzene rings is 14. The predicted molar refractivity (Wildman–Crippen MR) is 417 cm³/mol. The first kappa shape index (κ1) is 59.7. The molecule has 0 aliphatic rings. The summed E-state index contributed by atoms with van der Waals surface area (Å²) in [6, 6.07) is 117. The third-order valence-corrected chi connectivity index (χ3v) is 19.6. The van der Waals surface area contributed by atoms with Crippen molar-refractivity contribution in [2.24, 2.45) is 0 Å². The molecular formula is C92H56N10O2. The molecule has 0 saturated carbocycles. The minimum atomic E-state index is 0.552. The van der Waals surface area contributed by atoms with Gasteiger partial charge in [0.25, 0.3) is 0 Å². The molecule has 104 heavy (non-hydrogen) atoms. The van der Waals surface area contributed by atoms with E-state index in [0.29, 0.717) is 52.3 Å². The van der Waals surface area contributed by atoms with Gasteiger partial charge in [-0.15, -0.1) is 0 Å². The average molecular weight is 1330 g/mol. The Hall–Kier alpha value is -14.4. The lowest BCUT2D eigenvalue weighted by Crippen LogP contribution is -2.00. The second-order valence-electron chi connectivity index (χ2n) is 25.8. The number of fused-ring (bicyclic) bond motifs is 8. The zero-order chi connectivity index (χ0) is 68.6. The van der Waals surface area contributed by atoms with Crippen molar-refractivity contribution in [3.63, 3.8) is 0 Å². The monoisotopic (exact) mass is 1330 g/mol. The molecule has 0 fully saturated rings. The van der Waals surface area contributed by atoms with E-state index < -0.39 is 0 Å². The molecule has 0 atom stereocenters. The van der Waals surface area contributed by atoms with Crippen LogP contribution in [-0.4, -0.2) is 49.0 Å². The zero-order valence-corrected chi connectivity index (χ0v) is 55.6. The van der Waals surface area contributed by atoms with E-state index in [1.165, 1.54) is 0 Å². The molecular weight excluding hydrogens is 1280 g/mol. The highest BCUT2D eigenvalue weighted by Crippen LogP contribution is 2.43. The maximum atomic E-state index is 6.79. The zero-order valence-electron chi connectivity index (χ0n) is 55.6. The summed E-state index contributed by atoms with van der Waals surface area (Å²) in [6.07, 6.45) is 0. The molecule has 0 N–H and O–H groups in total.